The Bertz CT molecular complexity index is 1150. The third kappa shape index (κ3) is 2.99. The Kier molecular flexibility index (Phi) is 4.26. The van der Waals surface area contributed by atoms with Crippen molar-refractivity contribution in [1.29, 1.82) is 0 Å². The number of benzene rings is 2. The van der Waals surface area contributed by atoms with E-state index in [2.05, 4.69) is 10.6 Å². The van der Waals surface area contributed by atoms with Crippen molar-refractivity contribution in [2.24, 2.45) is 17.3 Å². The first-order chi connectivity index (χ1) is 15.3. The normalized spacial score (nSPS) is 34.3. The molecule has 1 heterocycles. The minimum absolute atomic E-state index is 0.175. The number of rotatable bonds is 3. The third-order valence-electron chi connectivity index (χ3n) is 7.90. The molecule has 2 N–H and O–H groups in total. The molecule has 0 spiro atoms. The SMILES string of the molecule is O=C1NC(c2cc(F)ccc2Cl)c2c(NC(=O)C34CC5CC(CC(F)(C5)C3)C4)cccc21. The molecule has 4 aliphatic carbocycles. The fourth-order valence-electron chi connectivity index (χ4n) is 7.10. The Morgan fingerprint density at radius 3 is 2.59 bits per heavy atom. The van der Waals surface area contributed by atoms with E-state index in [9.17, 15) is 14.0 Å². The topological polar surface area (TPSA) is 58.2 Å². The van der Waals surface area contributed by atoms with Crippen LogP contribution in [0.4, 0.5) is 14.5 Å². The van der Waals surface area contributed by atoms with Gasteiger partial charge < -0.3 is 10.6 Å². The lowest BCUT2D eigenvalue weighted by atomic mass is 9.48. The monoisotopic (exact) mass is 456 g/mol. The Morgan fingerprint density at radius 1 is 1.12 bits per heavy atom. The zero-order valence-corrected chi connectivity index (χ0v) is 18.1. The van der Waals surface area contributed by atoms with Crippen molar-refractivity contribution in [3.63, 3.8) is 0 Å². The van der Waals surface area contributed by atoms with Crippen LogP contribution >= 0.6 is 11.6 Å². The molecule has 2 aromatic rings. The lowest BCUT2D eigenvalue weighted by molar-refractivity contribution is -0.155. The van der Waals surface area contributed by atoms with Crippen molar-refractivity contribution in [2.45, 2.75) is 50.2 Å². The number of fused-ring (bicyclic) bond motifs is 1. The van der Waals surface area contributed by atoms with Crippen molar-refractivity contribution in [1.82, 2.24) is 5.32 Å². The molecule has 5 aliphatic rings. The van der Waals surface area contributed by atoms with E-state index in [0.29, 0.717) is 53.1 Å². The second-order valence-corrected chi connectivity index (χ2v) is 10.6. The van der Waals surface area contributed by atoms with Gasteiger partial charge in [0.25, 0.3) is 5.91 Å². The molecule has 0 saturated heterocycles. The van der Waals surface area contributed by atoms with Crippen LogP contribution in [0.1, 0.15) is 66.1 Å². The lowest BCUT2D eigenvalue weighted by Crippen LogP contribution is -2.57. The van der Waals surface area contributed by atoms with E-state index in [1.54, 1.807) is 18.2 Å². The molecule has 2 amide bonds. The molecule has 32 heavy (non-hydrogen) atoms. The summed E-state index contributed by atoms with van der Waals surface area (Å²) in [6.07, 6.45) is 3.85. The summed E-state index contributed by atoms with van der Waals surface area (Å²) in [6.45, 7) is 0. The van der Waals surface area contributed by atoms with Crippen LogP contribution in [0.3, 0.4) is 0 Å². The first-order valence-corrected chi connectivity index (χ1v) is 11.5. The van der Waals surface area contributed by atoms with Gasteiger partial charge in [0.1, 0.15) is 11.5 Å². The molecule has 1 aliphatic heterocycles. The molecule has 4 bridgehead atoms. The predicted molar refractivity (Wildman–Crippen MR) is 117 cm³/mol. The highest BCUT2D eigenvalue weighted by Crippen LogP contribution is 2.63. The highest BCUT2D eigenvalue weighted by atomic mass is 35.5. The number of anilines is 1. The number of hydrogen-bond donors (Lipinski definition) is 2. The number of nitrogens with one attached hydrogen (secondary N) is 2. The zero-order chi connectivity index (χ0) is 22.3. The smallest absolute Gasteiger partial charge is 0.252 e. The molecule has 4 fully saturated rings. The molecule has 4 saturated carbocycles. The minimum atomic E-state index is -1.24. The van der Waals surface area contributed by atoms with E-state index in [0.717, 1.165) is 6.42 Å². The summed E-state index contributed by atoms with van der Waals surface area (Å²) in [4.78, 5) is 26.2. The minimum Gasteiger partial charge on any atom is -0.341 e. The summed E-state index contributed by atoms with van der Waals surface area (Å²) < 4.78 is 29.3. The number of halogens is 3. The number of alkyl halides is 1. The van der Waals surface area contributed by atoms with Crippen molar-refractivity contribution >= 4 is 29.1 Å². The zero-order valence-electron chi connectivity index (χ0n) is 17.4. The van der Waals surface area contributed by atoms with Crippen LogP contribution in [0.2, 0.25) is 5.02 Å². The molecular weight excluding hydrogens is 434 g/mol. The molecule has 166 valence electrons. The first-order valence-electron chi connectivity index (χ1n) is 11.1. The van der Waals surface area contributed by atoms with Gasteiger partial charge in [0, 0.05) is 27.4 Å². The number of carbonyl (C=O) groups is 2. The highest BCUT2D eigenvalue weighted by molar-refractivity contribution is 6.31. The fourth-order valence-corrected chi connectivity index (χ4v) is 7.33. The van der Waals surface area contributed by atoms with Gasteiger partial charge in [-0.2, -0.15) is 0 Å². The molecule has 0 aromatic heterocycles. The van der Waals surface area contributed by atoms with Crippen LogP contribution < -0.4 is 10.6 Å². The van der Waals surface area contributed by atoms with E-state index in [4.69, 9.17) is 11.6 Å². The van der Waals surface area contributed by atoms with E-state index in [1.165, 1.54) is 18.2 Å². The fraction of sp³-hybridized carbons (Fsp3) is 0.440. The van der Waals surface area contributed by atoms with Gasteiger partial charge in [-0.05, 0) is 80.7 Å². The number of amides is 2. The van der Waals surface area contributed by atoms with Gasteiger partial charge in [-0.15, -0.1) is 0 Å². The van der Waals surface area contributed by atoms with Gasteiger partial charge >= 0.3 is 0 Å². The van der Waals surface area contributed by atoms with Crippen LogP contribution in [0.5, 0.6) is 0 Å². The maximum Gasteiger partial charge on any atom is 0.252 e. The predicted octanol–water partition coefficient (Wildman–Crippen LogP) is 5.56. The summed E-state index contributed by atoms with van der Waals surface area (Å²) in [6, 6.07) is 8.45. The Morgan fingerprint density at radius 2 is 1.88 bits per heavy atom. The average Bonchev–Trinajstić information content (AvgIpc) is 3.05. The van der Waals surface area contributed by atoms with Crippen molar-refractivity contribution < 1.29 is 18.4 Å². The highest BCUT2D eigenvalue weighted by Gasteiger charge is 2.61. The maximum atomic E-state index is 15.4. The van der Waals surface area contributed by atoms with Crippen molar-refractivity contribution in [2.75, 3.05) is 5.32 Å². The number of hydrogen-bond acceptors (Lipinski definition) is 2. The van der Waals surface area contributed by atoms with Crippen LogP contribution in [0, 0.1) is 23.1 Å². The van der Waals surface area contributed by atoms with Gasteiger partial charge in [0.2, 0.25) is 5.91 Å². The van der Waals surface area contributed by atoms with Gasteiger partial charge in [0.05, 0.1) is 11.5 Å². The quantitative estimate of drug-likeness (QED) is 0.635. The second-order valence-electron chi connectivity index (χ2n) is 10.2. The van der Waals surface area contributed by atoms with Crippen LogP contribution in [-0.2, 0) is 4.79 Å². The summed E-state index contributed by atoms with van der Waals surface area (Å²) in [5.41, 5.74) is -0.0461. The Hall–Kier alpha value is -2.47. The van der Waals surface area contributed by atoms with E-state index >= 15 is 4.39 Å². The summed E-state index contributed by atoms with van der Waals surface area (Å²) >= 11 is 6.33. The van der Waals surface area contributed by atoms with Gasteiger partial charge in [0.15, 0.2) is 0 Å². The van der Waals surface area contributed by atoms with E-state index in [1.807, 2.05) is 0 Å². The lowest BCUT2D eigenvalue weighted by Gasteiger charge is -2.58. The molecule has 4 nitrogen and oxygen atoms in total. The van der Waals surface area contributed by atoms with Crippen LogP contribution in [0.25, 0.3) is 0 Å². The Balaban J connectivity index is 1.37. The standard InChI is InChI=1S/C25H23ClF2N2O2/c26-18-5-4-15(27)7-17(18)21-20-16(22(31)30-21)2-1-3-19(20)29-23(32)24-8-13-6-14(9-24)11-25(28,10-13)12-24/h1-5,7,13-14,21H,6,8-12H2,(H,29,32)(H,30,31). The van der Waals surface area contributed by atoms with Crippen LogP contribution in [0.15, 0.2) is 36.4 Å². The maximum absolute atomic E-state index is 15.4. The third-order valence-corrected chi connectivity index (χ3v) is 8.25. The first kappa shape index (κ1) is 20.2. The van der Waals surface area contributed by atoms with Crippen molar-refractivity contribution in [3.8, 4) is 0 Å². The number of carbonyl (C=O) groups excluding carboxylic acids is 2. The summed E-state index contributed by atoms with van der Waals surface area (Å²) in [7, 11) is 0. The van der Waals surface area contributed by atoms with E-state index in [-0.39, 0.29) is 30.1 Å². The van der Waals surface area contributed by atoms with Gasteiger partial charge in [-0.25, -0.2) is 8.78 Å². The molecule has 2 aromatic carbocycles. The van der Waals surface area contributed by atoms with Gasteiger partial charge in [-0.3, -0.25) is 9.59 Å². The second kappa shape index (κ2) is 6.77. The summed E-state index contributed by atoms with van der Waals surface area (Å²) in [5, 5.41) is 6.22. The molecule has 3 unspecified atom stereocenters. The molecule has 7 heteroatoms. The largest absolute Gasteiger partial charge is 0.341 e. The molecule has 0 radical (unpaired) electrons. The molecule has 3 atom stereocenters. The summed E-state index contributed by atoms with van der Waals surface area (Å²) in [5.74, 6) is -0.425. The molecular formula is C25H23ClF2N2O2. The van der Waals surface area contributed by atoms with Gasteiger partial charge in [-0.1, -0.05) is 17.7 Å². The van der Waals surface area contributed by atoms with E-state index < -0.39 is 22.9 Å². The molecule has 7 rings (SSSR count). The average molecular weight is 457 g/mol. The van der Waals surface area contributed by atoms with Crippen LogP contribution in [-0.4, -0.2) is 17.5 Å². The Labute approximate surface area is 189 Å². The van der Waals surface area contributed by atoms with Crippen molar-refractivity contribution in [3.05, 3.63) is 63.9 Å².